The van der Waals surface area contributed by atoms with Gasteiger partial charge in [0.2, 0.25) is 0 Å². The van der Waals surface area contributed by atoms with Gasteiger partial charge in [0.15, 0.2) is 5.82 Å². The van der Waals surface area contributed by atoms with E-state index >= 15 is 0 Å². The van der Waals surface area contributed by atoms with Crippen LogP contribution >= 0.6 is 0 Å². The topological polar surface area (TPSA) is 45.5 Å². The first-order valence-electron chi connectivity index (χ1n) is 25.9. The maximum absolute atomic E-state index is 5.40. The molecule has 0 bridgehead atoms. The van der Waals surface area contributed by atoms with Crippen LogP contribution in [0.3, 0.4) is 0 Å². The lowest BCUT2D eigenvalue weighted by atomic mass is 10.0. The Labute approximate surface area is 436 Å². The van der Waals surface area contributed by atoms with E-state index in [4.69, 9.17) is 9.97 Å². The lowest BCUT2D eigenvalue weighted by Crippen LogP contribution is -1.99. The van der Waals surface area contributed by atoms with Crippen LogP contribution in [0.25, 0.3) is 144 Å². The van der Waals surface area contributed by atoms with Gasteiger partial charge in [-0.25, -0.2) is 9.97 Å². The summed E-state index contributed by atoms with van der Waals surface area (Å²) in [7, 11) is 0. The van der Waals surface area contributed by atoms with E-state index in [1.807, 2.05) is 12.1 Å². The molecule has 16 rings (SSSR count). The molecule has 5 aromatic heterocycles. The van der Waals surface area contributed by atoms with Gasteiger partial charge >= 0.3 is 0 Å². The summed E-state index contributed by atoms with van der Waals surface area (Å²) in [6.45, 7) is 0. The molecular formula is C70H44N6. The molecule has 6 heteroatoms. The van der Waals surface area contributed by atoms with Crippen LogP contribution in [-0.4, -0.2) is 28.2 Å². The van der Waals surface area contributed by atoms with Gasteiger partial charge in [-0.2, -0.15) is 0 Å². The monoisotopic (exact) mass is 968 g/mol. The number of hydrogen-bond acceptors (Lipinski definition) is 2. The third-order valence-corrected chi connectivity index (χ3v) is 15.5. The van der Waals surface area contributed by atoms with Gasteiger partial charge in [0.1, 0.15) is 0 Å². The normalized spacial score (nSPS) is 11.9. The number of aromatic nitrogens is 6. The highest BCUT2D eigenvalue weighted by molar-refractivity contribution is 6.29. The predicted octanol–water partition coefficient (Wildman–Crippen LogP) is 17.9. The van der Waals surface area contributed by atoms with Crippen molar-refractivity contribution in [2.45, 2.75) is 0 Å². The fourth-order valence-corrected chi connectivity index (χ4v) is 12.4. The van der Waals surface area contributed by atoms with Crippen molar-refractivity contribution in [3.05, 3.63) is 267 Å². The number of nitrogens with zero attached hydrogens (tertiary/aromatic N) is 6. The molecule has 0 spiro atoms. The first-order chi connectivity index (χ1) is 37.7. The quantitative estimate of drug-likeness (QED) is 0.160. The largest absolute Gasteiger partial charge is 0.309 e. The maximum Gasteiger partial charge on any atom is 0.160 e. The standard InChI is InChI=1S/C70H44N6/c1-6-21-45(22-7-1)58-44-59(72-70(71-58)46-23-8-2-9-24-46)55-34-20-33-52-54-39-42-63-65(69(54)76(67(52)55)49-29-14-5-15-30-49)56-32-17-19-36-61(56)74(63)50-37-40-62-57(43-50)66-64(73(62)47-25-10-3-11-26-47)41-38-53-51-31-16-18-35-60(51)75(68(53)66)48-27-12-4-13-28-48/h1-44H. The zero-order valence-corrected chi connectivity index (χ0v) is 41.1. The van der Waals surface area contributed by atoms with Crippen molar-refractivity contribution in [1.29, 1.82) is 0 Å². The predicted molar refractivity (Wildman–Crippen MR) is 316 cm³/mol. The Hall–Kier alpha value is -10.3. The zero-order valence-electron chi connectivity index (χ0n) is 41.1. The molecule has 0 aliphatic heterocycles. The van der Waals surface area contributed by atoms with Crippen molar-refractivity contribution < 1.29 is 0 Å². The molecule has 16 aromatic rings. The van der Waals surface area contributed by atoms with Crippen LogP contribution in [0.2, 0.25) is 0 Å². The summed E-state index contributed by atoms with van der Waals surface area (Å²) in [6.07, 6.45) is 0. The Morgan fingerprint density at radius 1 is 0.237 bits per heavy atom. The van der Waals surface area contributed by atoms with Gasteiger partial charge in [-0.15, -0.1) is 0 Å². The fraction of sp³-hybridized carbons (Fsp3) is 0. The molecule has 0 amide bonds. The van der Waals surface area contributed by atoms with E-state index < -0.39 is 0 Å². The Kier molecular flexibility index (Phi) is 9.23. The van der Waals surface area contributed by atoms with Crippen LogP contribution in [-0.2, 0) is 0 Å². The van der Waals surface area contributed by atoms with Gasteiger partial charge in [0.05, 0.1) is 55.5 Å². The molecule has 0 N–H and O–H groups in total. The first kappa shape index (κ1) is 42.2. The smallest absolute Gasteiger partial charge is 0.160 e. The highest BCUT2D eigenvalue weighted by Crippen LogP contribution is 2.47. The van der Waals surface area contributed by atoms with Crippen LogP contribution in [0.5, 0.6) is 0 Å². The van der Waals surface area contributed by atoms with Gasteiger partial charge in [0, 0.05) is 82.5 Å². The fourth-order valence-electron chi connectivity index (χ4n) is 12.4. The number of fused-ring (bicyclic) bond motifs is 14. The summed E-state index contributed by atoms with van der Waals surface area (Å²) in [5.41, 5.74) is 18.4. The molecule has 0 saturated heterocycles. The Morgan fingerprint density at radius 2 is 0.684 bits per heavy atom. The minimum Gasteiger partial charge on any atom is -0.309 e. The summed E-state index contributed by atoms with van der Waals surface area (Å²) in [4.78, 5) is 10.6. The van der Waals surface area contributed by atoms with Crippen molar-refractivity contribution >= 4 is 87.2 Å². The molecule has 5 heterocycles. The molecule has 0 fully saturated rings. The number of para-hydroxylation sites is 6. The van der Waals surface area contributed by atoms with Crippen molar-refractivity contribution in [3.63, 3.8) is 0 Å². The number of hydrogen-bond donors (Lipinski definition) is 0. The van der Waals surface area contributed by atoms with Crippen molar-refractivity contribution in [2.75, 3.05) is 0 Å². The minimum absolute atomic E-state index is 0.688. The molecule has 0 saturated carbocycles. The second-order valence-electron chi connectivity index (χ2n) is 19.7. The Balaban J connectivity index is 1.01. The summed E-state index contributed by atoms with van der Waals surface area (Å²) in [6, 6.07) is 96.2. The highest BCUT2D eigenvalue weighted by atomic mass is 15.0. The Bertz CT molecular complexity index is 4890. The van der Waals surface area contributed by atoms with Gasteiger partial charge in [-0.05, 0) is 84.9 Å². The summed E-state index contributed by atoms with van der Waals surface area (Å²) in [5, 5.41) is 9.57. The van der Waals surface area contributed by atoms with E-state index in [2.05, 4.69) is 273 Å². The van der Waals surface area contributed by atoms with E-state index in [1.54, 1.807) is 0 Å². The average Bonchev–Trinajstić information content (AvgIpc) is 4.31. The average molecular weight is 969 g/mol. The van der Waals surface area contributed by atoms with Crippen LogP contribution in [0.4, 0.5) is 0 Å². The van der Waals surface area contributed by atoms with Crippen LogP contribution in [0, 0.1) is 0 Å². The van der Waals surface area contributed by atoms with E-state index in [0.717, 1.165) is 89.3 Å². The van der Waals surface area contributed by atoms with Crippen molar-refractivity contribution in [3.8, 4) is 56.7 Å². The molecule has 0 unspecified atom stereocenters. The maximum atomic E-state index is 5.40. The summed E-state index contributed by atoms with van der Waals surface area (Å²) >= 11 is 0. The second kappa shape index (κ2) is 16.6. The van der Waals surface area contributed by atoms with Crippen molar-refractivity contribution in [2.24, 2.45) is 0 Å². The third kappa shape index (κ3) is 6.22. The number of benzene rings is 11. The van der Waals surface area contributed by atoms with Crippen molar-refractivity contribution in [1.82, 2.24) is 28.2 Å². The first-order valence-corrected chi connectivity index (χ1v) is 25.9. The lowest BCUT2D eigenvalue weighted by Gasteiger charge is -2.14. The molecule has 11 aromatic carbocycles. The van der Waals surface area contributed by atoms with E-state index in [-0.39, 0.29) is 0 Å². The molecule has 0 aliphatic carbocycles. The molecule has 354 valence electrons. The van der Waals surface area contributed by atoms with Gasteiger partial charge in [0.25, 0.3) is 0 Å². The third-order valence-electron chi connectivity index (χ3n) is 15.5. The lowest BCUT2D eigenvalue weighted by molar-refractivity contribution is 1.16. The molecule has 0 radical (unpaired) electrons. The molecule has 0 atom stereocenters. The minimum atomic E-state index is 0.688. The van der Waals surface area contributed by atoms with Crippen LogP contribution in [0.1, 0.15) is 0 Å². The molecule has 76 heavy (non-hydrogen) atoms. The van der Waals surface area contributed by atoms with E-state index in [9.17, 15) is 0 Å². The zero-order chi connectivity index (χ0) is 49.8. The van der Waals surface area contributed by atoms with Gasteiger partial charge in [-0.1, -0.05) is 182 Å². The SMILES string of the molecule is c1ccc(-c2cc(-c3cccc4c5ccc6c(c7ccccc7n6-c6ccc7c(c6)c6c(ccc8c9ccccc9n(-c9ccccc9)c86)n7-c6ccccc6)c5n(-c5ccccc5)c34)nc(-c3ccccc3)n2)cc1. The van der Waals surface area contributed by atoms with Crippen LogP contribution in [0.15, 0.2) is 267 Å². The van der Waals surface area contributed by atoms with Gasteiger partial charge in [-0.3, -0.25) is 0 Å². The summed E-state index contributed by atoms with van der Waals surface area (Å²) < 4.78 is 9.88. The van der Waals surface area contributed by atoms with Gasteiger partial charge < -0.3 is 18.3 Å². The molecule has 6 nitrogen and oxygen atoms in total. The Morgan fingerprint density at radius 3 is 1.36 bits per heavy atom. The summed E-state index contributed by atoms with van der Waals surface area (Å²) in [5.74, 6) is 0.688. The number of rotatable bonds is 7. The molecular weight excluding hydrogens is 925 g/mol. The van der Waals surface area contributed by atoms with Crippen LogP contribution < -0.4 is 0 Å². The second-order valence-corrected chi connectivity index (χ2v) is 19.7. The van der Waals surface area contributed by atoms with E-state index in [0.29, 0.717) is 5.82 Å². The van der Waals surface area contributed by atoms with E-state index in [1.165, 1.54) is 48.7 Å². The molecule has 0 aliphatic rings. The highest BCUT2D eigenvalue weighted by Gasteiger charge is 2.26.